The molecule has 7 heteroatoms. The number of rotatable bonds is 5. The van der Waals surface area contributed by atoms with E-state index in [2.05, 4.69) is 4.99 Å². The van der Waals surface area contributed by atoms with E-state index in [4.69, 9.17) is 4.74 Å². The lowest BCUT2D eigenvalue weighted by atomic mass is 10.1. The zero-order valence-corrected chi connectivity index (χ0v) is 15.8. The first-order valence-corrected chi connectivity index (χ1v) is 9.35. The Hall–Kier alpha value is -2.80. The topological polar surface area (TPSA) is 60.7 Å². The van der Waals surface area contributed by atoms with E-state index in [0.29, 0.717) is 16.8 Å². The first-order valence-electron chi connectivity index (χ1n) is 8.53. The monoisotopic (exact) mass is 386 g/mol. The van der Waals surface area contributed by atoms with Crippen LogP contribution < -0.4 is 4.80 Å². The van der Waals surface area contributed by atoms with Crippen LogP contribution in [0.1, 0.15) is 24.9 Å². The number of halogens is 1. The summed E-state index contributed by atoms with van der Waals surface area (Å²) in [6, 6.07) is 12.8. The molecule has 1 amide bonds. The van der Waals surface area contributed by atoms with Gasteiger partial charge in [-0.25, -0.2) is 9.18 Å². The van der Waals surface area contributed by atoms with Gasteiger partial charge in [-0.3, -0.25) is 4.79 Å². The van der Waals surface area contributed by atoms with E-state index in [-0.39, 0.29) is 24.1 Å². The molecule has 0 bridgehead atoms. The standard InChI is InChI=1S/C20H19FN2O3S/c1-3-15(19(25)26-2)23-16-6-4-5-7-17(16)27-20(23)22-18(24)12-13-8-10-14(21)11-9-13/h4-11,15H,3,12H2,1-2H3. The van der Waals surface area contributed by atoms with Gasteiger partial charge in [0.05, 0.1) is 23.7 Å². The lowest BCUT2D eigenvalue weighted by Gasteiger charge is -2.15. The second kappa shape index (κ2) is 8.26. The quantitative estimate of drug-likeness (QED) is 0.629. The predicted molar refractivity (Wildman–Crippen MR) is 102 cm³/mol. The minimum absolute atomic E-state index is 0.0591. The fourth-order valence-corrected chi connectivity index (χ4v) is 3.97. The number of carbonyl (C=O) groups excluding carboxylic acids is 2. The van der Waals surface area contributed by atoms with E-state index in [1.165, 1.54) is 30.6 Å². The minimum Gasteiger partial charge on any atom is -0.467 e. The fourth-order valence-electron chi connectivity index (χ4n) is 2.88. The number of benzene rings is 2. The Bertz CT molecular complexity index is 1040. The minimum atomic E-state index is -0.566. The molecule has 1 unspecified atom stereocenters. The van der Waals surface area contributed by atoms with Gasteiger partial charge in [-0.1, -0.05) is 42.5 Å². The van der Waals surface area contributed by atoms with Crippen LogP contribution in [0.3, 0.4) is 0 Å². The van der Waals surface area contributed by atoms with Crippen molar-refractivity contribution in [2.45, 2.75) is 25.8 Å². The highest BCUT2D eigenvalue weighted by Gasteiger charge is 2.23. The maximum Gasteiger partial charge on any atom is 0.328 e. The number of carbonyl (C=O) groups is 2. The molecule has 5 nitrogen and oxygen atoms in total. The van der Waals surface area contributed by atoms with Crippen LogP contribution in [0, 0.1) is 5.82 Å². The van der Waals surface area contributed by atoms with E-state index in [1.54, 1.807) is 16.7 Å². The van der Waals surface area contributed by atoms with Crippen LogP contribution in [0.25, 0.3) is 10.2 Å². The van der Waals surface area contributed by atoms with Crippen LogP contribution in [0.5, 0.6) is 0 Å². The Morgan fingerprint density at radius 1 is 1.19 bits per heavy atom. The van der Waals surface area contributed by atoms with Crippen LogP contribution >= 0.6 is 11.3 Å². The van der Waals surface area contributed by atoms with Crippen LogP contribution in [0.2, 0.25) is 0 Å². The molecule has 1 heterocycles. The summed E-state index contributed by atoms with van der Waals surface area (Å²) < 4.78 is 20.6. The molecular weight excluding hydrogens is 367 g/mol. The summed E-state index contributed by atoms with van der Waals surface area (Å²) in [4.78, 5) is 29.4. The zero-order chi connectivity index (χ0) is 19.4. The second-order valence-electron chi connectivity index (χ2n) is 5.98. The van der Waals surface area contributed by atoms with Crippen LogP contribution in [-0.2, 0) is 20.7 Å². The van der Waals surface area contributed by atoms with Gasteiger partial charge in [0.25, 0.3) is 5.91 Å². The van der Waals surface area contributed by atoms with Gasteiger partial charge in [0.1, 0.15) is 11.9 Å². The number of ether oxygens (including phenoxy) is 1. The molecule has 0 aliphatic heterocycles. The molecule has 140 valence electrons. The molecule has 0 N–H and O–H groups in total. The molecule has 0 spiro atoms. The average Bonchev–Trinajstić information content (AvgIpc) is 3.02. The van der Waals surface area contributed by atoms with Gasteiger partial charge in [-0.05, 0) is 36.2 Å². The van der Waals surface area contributed by atoms with Crippen molar-refractivity contribution in [2.75, 3.05) is 7.11 Å². The molecule has 0 radical (unpaired) electrons. The maximum absolute atomic E-state index is 13.0. The molecule has 2 aromatic carbocycles. The van der Waals surface area contributed by atoms with Crippen molar-refractivity contribution in [1.82, 2.24) is 4.57 Å². The third kappa shape index (κ3) is 4.14. The highest BCUT2D eigenvalue weighted by molar-refractivity contribution is 7.16. The van der Waals surface area contributed by atoms with Crippen molar-refractivity contribution in [2.24, 2.45) is 4.99 Å². The Kier molecular flexibility index (Phi) is 5.81. The maximum atomic E-state index is 13.0. The summed E-state index contributed by atoms with van der Waals surface area (Å²) in [5.41, 5.74) is 1.51. The Balaban J connectivity index is 2.05. The summed E-state index contributed by atoms with van der Waals surface area (Å²) in [5, 5.41) is 0. The second-order valence-corrected chi connectivity index (χ2v) is 6.99. The molecule has 1 atom stereocenters. The van der Waals surface area contributed by atoms with E-state index in [9.17, 15) is 14.0 Å². The predicted octanol–water partition coefficient (Wildman–Crippen LogP) is 3.64. The van der Waals surface area contributed by atoms with Gasteiger partial charge in [-0.15, -0.1) is 0 Å². The fraction of sp³-hybridized carbons (Fsp3) is 0.250. The first-order chi connectivity index (χ1) is 13.0. The Morgan fingerprint density at radius 2 is 1.89 bits per heavy atom. The van der Waals surface area contributed by atoms with Gasteiger partial charge < -0.3 is 9.30 Å². The largest absolute Gasteiger partial charge is 0.467 e. The number of para-hydroxylation sites is 1. The number of hydrogen-bond acceptors (Lipinski definition) is 4. The van der Waals surface area contributed by atoms with E-state index in [1.807, 2.05) is 31.2 Å². The van der Waals surface area contributed by atoms with Crippen molar-refractivity contribution in [3.63, 3.8) is 0 Å². The van der Waals surface area contributed by atoms with Crippen molar-refractivity contribution in [1.29, 1.82) is 0 Å². The van der Waals surface area contributed by atoms with Gasteiger partial charge in [0.15, 0.2) is 4.80 Å². The summed E-state index contributed by atoms with van der Waals surface area (Å²) in [6.45, 7) is 1.88. The normalized spacial score (nSPS) is 12.9. The first kappa shape index (κ1) is 19.0. The average molecular weight is 386 g/mol. The molecule has 0 saturated heterocycles. The molecular formula is C20H19FN2O3S. The number of hydrogen-bond donors (Lipinski definition) is 0. The number of esters is 1. The third-order valence-corrected chi connectivity index (χ3v) is 5.23. The van der Waals surface area contributed by atoms with Crippen molar-refractivity contribution >= 4 is 33.4 Å². The molecule has 1 aromatic heterocycles. The van der Waals surface area contributed by atoms with Crippen molar-refractivity contribution < 1.29 is 18.7 Å². The Labute approximate surface area is 159 Å². The van der Waals surface area contributed by atoms with Gasteiger partial charge in [0.2, 0.25) is 0 Å². The zero-order valence-electron chi connectivity index (χ0n) is 15.0. The molecule has 27 heavy (non-hydrogen) atoms. The number of thiazole rings is 1. The summed E-state index contributed by atoms with van der Waals surface area (Å²) in [5.74, 6) is -1.09. The van der Waals surface area contributed by atoms with Crippen LogP contribution in [0.15, 0.2) is 53.5 Å². The van der Waals surface area contributed by atoms with E-state index >= 15 is 0 Å². The third-order valence-electron chi connectivity index (χ3n) is 4.19. The highest BCUT2D eigenvalue weighted by Crippen LogP contribution is 2.23. The Morgan fingerprint density at radius 3 is 2.56 bits per heavy atom. The van der Waals surface area contributed by atoms with Gasteiger partial charge in [0, 0.05) is 0 Å². The van der Waals surface area contributed by atoms with Crippen molar-refractivity contribution in [3.8, 4) is 0 Å². The number of fused-ring (bicyclic) bond motifs is 1. The molecule has 3 aromatic rings. The van der Waals surface area contributed by atoms with Crippen molar-refractivity contribution in [3.05, 3.63) is 64.7 Å². The number of nitrogens with zero attached hydrogens (tertiary/aromatic N) is 2. The molecule has 0 saturated carbocycles. The SMILES string of the molecule is CCC(C(=O)OC)n1c(=NC(=O)Cc2ccc(F)cc2)sc2ccccc21. The summed E-state index contributed by atoms with van der Waals surface area (Å²) in [6.07, 6.45) is 0.566. The summed E-state index contributed by atoms with van der Waals surface area (Å²) >= 11 is 1.34. The van der Waals surface area contributed by atoms with E-state index in [0.717, 1.165) is 10.2 Å². The van der Waals surface area contributed by atoms with Crippen LogP contribution in [0.4, 0.5) is 4.39 Å². The van der Waals surface area contributed by atoms with Gasteiger partial charge >= 0.3 is 5.97 Å². The molecule has 0 aliphatic rings. The smallest absolute Gasteiger partial charge is 0.328 e. The van der Waals surface area contributed by atoms with E-state index < -0.39 is 6.04 Å². The van der Waals surface area contributed by atoms with Crippen LogP contribution in [-0.4, -0.2) is 23.6 Å². The molecule has 0 aliphatic carbocycles. The lowest BCUT2D eigenvalue weighted by molar-refractivity contribution is -0.144. The summed E-state index contributed by atoms with van der Waals surface area (Å²) in [7, 11) is 1.34. The van der Waals surface area contributed by atoms with Gasteiger partial charge in [-0.2, -0.15) is 4.99 Å². The molecule has 3 rings (SSSR count). The highest BCUT2D eigenvalue weighted by atomic mass is 32.1. The number of amides is 1. The number of methoxy groups -OCH3 is 1. The molecule has 0 fully saturated rings. The number of aromatic nitrogens is 1. The lowest BCUT2D eigenvalue weighted by Crippen LogP contribution is -2.28.